The van der Waals surface area contributed by atoms with Gasteiger partial charge in [0.15, 0.2) is 0 Å². The molecule has 2 aliphatic rings. The lowest BCUT2D eigenvalue weighted by Crippen LogP contribution is -2.42. The summed E-state index contributed by atoms with van der Waals surface area (Å²) in [5, 5.41) is 9.15. The van der Waals surface area contributed by atoms with Crippen LogP contribution in [-0.2, 0) is 31.5 Å². The van der Waals surface area contributed by atoms with Crippen LogP contribution in [0.2, 0.25) is 20.1 Å². The van der Waals surface area contributed by atoms with Crippen LogP contribution in [0.3, 0.4) is 0 Å². The fraction of sp³-hybridized carbons (Fsp3) is 0.278. The summed E-state index contributed by atoms with van der Waals surface area (Å²) in [5.74, 6) is 0. The van der Waals surface area contributed by atoms with Crippen LogP contribution in [0, 0.1) is 13.8 Å². The van der Waals surface area contributed by atoms with Gasteiger partial charge in [-0.2, -0.15) is 26.3 Å². The summed E-state index contributed by atoms with van der Waals surface area (Å²) in [4.78, 5) is 10.0. The molecule has 0 fully saturated rings. The third kappa shape index (κ3) is 8.27. The van der Waals surface area contributed by atoms with E-state index in [1.807, 2.05) is 32.0 Å². The fourth-order valence-corrected chi connectivity index (χ4v) is 7.79. The molecule has 0 N–H and O–H groups in total. The first-order valence-electron chi connectivity index (χ1n) is 15.2. The maximum absolute atomic E-state index is 14.0. The lowest BCUT2D eigenvalue weighted by atomic mass is 9.86. The number of benzene rings is 4. The SMILES string of the molecule is Cc1ccc(C2=NOC(c3cc(Cl)cc(Cl)c3)(C(F)(F)F)C2)cc1C.FC(F)(F)C1(c2cc(Cl)cc(Cl)c2)CC(c2ccc(CBr)c(CBr)c2)=NO1. The Morgan fingerprint density at radius 1 is 0.577 bits per heavy atom. The Labute approximate surface area is 332 Å². The summed E-state index contributed by atoms with van der Waals surface area (Å²) in [6, 6.07) is 18.4. The number of oxime groups is 2. The van der Waals surface area contributed by atoms with Gasteiger partial charge in [-0.25, -0.2) is 0 Å². The summed E-state index contributed by atoms with van der Waals surface area (Å²) in [7, 11) is 0. The molecule has 0 amide bonds. The molecule has 0 aromatic heterocycles. The van der Waals surface area contributed by atoms with Crippen molar-refractivity contribution in [2.45, 2.75) is 60.9 Å². The van der Waals surface area contributed by atoms with Gasteiger partial charge in [-0.1, -0.05) is 113 Å². The van der Waals surface area contributed by atoms with Gasteiger partial charge in [0, 0.05) is 54.7 Å². The van der Waals surface area contributed by atoms with E-state index >= 15 is 0 Å². The van der Waals surface area contributed by atoms with Gasteiger partial charge >= 0.3 is 12.4 Å². The van der Waals surface area contributed by atoms with E-state index in [2.05, 4.69) is 42.2 Å². The van der Waals surface area contributed by atoms with Crippen molar-refractivity contribution in [3.63, 3.8) is 0 Å². The van der Waals surface area contributed by atoms with Crippen molar-refractivity contribution in [2.24, 2.45) is 10.3 Å². The minimum Gasteiger partial charge on any atom is -0.374 e. The normalized spacial score (nSPS) is 20.0. The zero-order valence-electron chi connectivity index (χ0n) is 27.0. The van der Waals surface area contributed by atoms with Gasteiger partial charge in [-0.3, -0.25) is 0 Å². The molecule has 4 aromatic carbocycles. The van der Waals surface area contributed by atoms with Crippen molar-refractivity contribution >= 4 is 89.7 Å². The van der Waals surface area contributed by atoms with E-state index in [9.17, 15) is 26.3 Å². The molecule has 16 heteroatoms. The third-order valence-electron chi connectivity index (χ3n) is 8.70. The molecule has 0 bridgehead atoms. The zero-order chi connectivity index (χ0) is 38.2. The van der Waals surface area contributed by atoms with Crippen LogP contribution in [0.1, 0.15) is 57.3 Å². The van der Waals surface area contributed by atoms with E-state index in [0.29, 0.717) is 21.8 Å². The minimum atomic E-state index is -4.71. The van der Waals surface area contributed by atoms with Crippen molar-refractivity contribution in [3.8, 4) is 0 Å². The summed E-state index contributed by atoms with van der Waals surface area (Å²) in [6.07, 6.45) is -10.3. The molecule has 0 saturated heterocycles. The molecule has 0 aliphatic carbocycles. The first-order chi connectivity index (χ1) is 24.3. The van der Waals surface area contributed by atoms with Gasteiger partial charge in [0.05, 0.1) is 11.4 Å². The van der Waals surface area contributed by atoms with Crippen LogP contribution in [0.5, 0.6) is 0 Å². The second-order valence-electron chi connectivity index (χ2n) is 12.1. The topological polar surface area (TPSA) is 43.2 Å². The maximum Gasteiger partial charge on any atom is 0.435 e. The minimum absolute atomic E-state index is 0.0985. The van der Waals surface area contributed by atoms with Crippen LogP contribution < -0.4 is 0 Å². The summed E-state index contributed by atoms with van der Waals surface area (Å²) in [6.45, 7) is 3.82. The standard InChI is InChI=1S/C18H12Br2Cl2F3NO.C18H14Cl2F3NO/c19-8-11-2-1-10(3-12(11)9-20)16-7-17(27-26-16,18(23,24)25)13-4-14(21)6-15(22)5-13;1-10-3-4-12(5-11(10)2)16-9-17(25-24-16,18(21,22)23)13-6-14(19)8-15(20)7-13/h1-6H,7-9H2;3-8H,9H2,1-2H3. The van der Waals surface area contributed by atoms with E-state index in [1.165, 1.54) is 36.4 Å². The summed E-state index contributed by atoms with van der Waals surface area (Å²) < 4.78 is 83.8. The molecule has 6 rings (SSSR count). The lowest BCUT2D eigenvalue weighted by molar-refractivity contribution is -0.276. The quantitative estimate of drug-likeness (QED) is 0.143. The first kappa shape index (κ1) is 40.7. The highest BCUT2D eigenvalue weighted by Gasteiger charge is 2.63. The van der Waals surface area contributed by atoms with Crippen molar-refractivity contribution in [2.75, 3.05) is 0 Å². The average molecular weight is 934 g/mol. The second kappa shape index (κ2) is 15.7. The highest BCUT2D eigenvalue weighted by Crippen LogP contribution is 2.51. The number of nitrogens with zero attached hydrogens (tertiary/aromatic N) is 2. The summed E-state index contributed by atoms with van der Waals surface area (Å²) in [5.41, 5.74) is 0.0710. The number of halogens is 12. The Balaban J connectivity index is 0.000000202. The molecular weight excluding hydrogens is 908 g/mol. The smallest absolute Gasteiger partial charge is 0.374 e. The molecule has 2 atom stereocenters. The number of hydrogen-bond acceptors (Lipinski definition) is 4. The lowest BCUT2D eigenvalue weighted by Gasteiger charge is -2.29. The number of alkyl halides is 8. The predicted molar refractivity (Wildman–Crippen MR) is 200 cm³/mol. The highest BCUT2D eigenvalue weighted by atomic mass is 79.9. The largest absolute Gasteiger partial charge is 0.435 e. The maximum atomic E-state index is 14.0. The van der Waals surface area contributed by atoms with Crippen molar-refractivity contribution < 1.29 is 36.0 Å². The molecule has 276 valence electrons. The average Bonchev–Trinajstić information content (AvgIpc) is 3.73. The zero-order valence-corrected chi connectivity index (χ0v) is 33.2. The molecule has 0 saturated carbocycles. The Morgan fingerprint density at radius 3 is 1.37 bits per heavy atom. The molecule has 2 aliphatic heterocycles. The third-order valence-corrected chi connectivity index (χ3v) is 10.8. The van der Waals surface area contributed by atoms with Gasteiger partial charge in [-0.05, 0) is 95.8 Å². The highest BCUT2D eigenvalue weighted by molar-refractivity contribution is 9.09. The molecule has 2 unspecified atom stereocenters. The van der Waals surface area contributed by atoms with Crippen LogP contribution >= 0.6 is 78.3 Å². The molecule has 4 aromatic rings. The molecule has 4 nitrogen and oxygen atoms in total. The second-order valence-corrected chi connectivity index (χ2v) is 15.0. The van der Waals surface area contributed by atoms with Crippen LogP contribution in [0.15, 0.2) is 83.1 Å². The van der Waals surface area contributed by atoms with E-state index in [-0.39, 0.29) is 42.6 Å². The Hall–Kier alpha value is -2.48. The molecule has 0 radical (unpaired) electrons. The van der Waals surface area contributed by atoms with Gasteiger partial charge < -0.3 is 9.68 Å². The molecular formula is C36H26Br2Cl4F6N2O2. The molecule has 2 heterocycles. The van der Waals surface area contributed by atoms with Crippen LogP contribution in [-0.4, -0.2) is 23.8 Å². The van der Waals surface area contributed by atoms with E-state index in [1.54, 1.807) is 18.2 Å². The van der Waals surface area contributed by atoms with E-state index < -0.39 is 36.4 Å². The van der Waals surface area contributed by atoms with Crippen LogP contribution in [0.25, 0.3) is 0 Å². The van der Waals surface area contributed by atoms with Crippen molar-refractivity contribution in [1.82, 2.24) is 0 Å². The molecule has 52 heavy (non-hydrogen) atoms. The monoisotopic (exact) mass is 930 g/mol. The summed E-state index contributed by atoms with van der Waals surface area (Å²) >= 11 is 30.4. The van der Waals surface area contributed by atoms with Gasteiger partial charge in [0.1, 0.15) is 0 Å². The Morgan fingerprint density at radius 2 is 0.981 bits per heavy atom. The van der Waals surface area contributed by atoms with E-state index in [0.717, 1.165) is 22.3 Å². The fourth-order valence-electron chi connectivity index (χ4n) is 5.67. The van der Waals surface area contributed by atoms with Crippen molar-refractivity contribution in [1.29, 1.82) is 0 Å². The van der Waals surface area contributed by atoms with Crippen molar-refractivity contribution in [3.05, 3.63) is 137 Å². The van der Waals surface area contributed by atoms with Gasteiger partial charge in [-0.15, -0.1) is 0 Å². The number of aryl methyl sites for hydroxylation is 2. The Bertz CT molecular complexity index is 2020. The first-order valence-corrected chi connectivity index (χ1v) is 19.0. The van der Waals surface area contributed by atoms with Gasteiger partial charge in [0.25, 0.3) is 11.2 Å². The number of hydrogen-bond donors (Lipinski definition) is 0. The molecule has 0 spiro atoms. The van der Waals surface area contributed by atoms with Crippen LogP contribution in [0.4, 0.5) is 26.3 Å². The van der Waals surface area contributed by atoms with E-state index in [4.69, 9.17) is 56.1 Å². The number of rotatable bonds is 6. The van der Waals surface area contributed by atoms with Gasteiger partial charge in [0.2, 0.25) is 0 Å². The predicted octanol–water partition coefficient (Wildman–Crippen LogP) is 13.6. The Kier molecular flexibility index (Phi) is 12.3.